The van der Waals surface area contributed by atoms with Crippen molar-refractivity contribution in [2.45, 2.75) is 19.1 Å². The van der Waals surface area contributed by atoms with E-state index in [1.54, 1.807) is 22.2 Å². The van der Waals surface area contributed by atoms with Crippen molar-refractivity contribution in [3.05, 3.63) is 107 Å². The quantitative estimate of drug-likeness (QED) is 0.262. The van der Waals surface area contributed by atoms with E-state index >= 15 is 0 Å². The Bertz CT molecular complexity index is 1870. The summed E-state index contributed by atoms with van der Waals surface area (Å²) in [6.45, 7) is 1.92. The van der Waals surface area contributed by atoms with E-state index in [1.807, 2.05) is 49.4 Å². The number of pyridine rings is 2. The Labute approximate surface area is 223 Å². The van der Waals surface area contributed by atoms with Crippen LogP contribution in [-0.4, -0.2) is 24.5 Å². The largest absolute Gasteiger partial charge is 0.433 e. The lowest BCUT2D eigenvalue weighted by Crippen LogP contribution is -2.26. The molecular weight excluding hydrogens is 525 g/mol. The zero-order valence-corrected chi connectivity index (χ0v) is 21.2. The first-order valence-corrected chi connectivity index (χ1v) is 12.8. The van der Waals surface area contributed by atoms with Gasteiger partial charge in [0.1, 0.15) is 22.4 Å². The van der Waals surface area contributed by atoms with Gasteiger partial charge in [-0.05, 0) is 42.1 Å². The molecule has 39 heavy (non-hydrogen) atoms. The molecule has 6 rings (SSSR count). The molecule has 0 saturated carbocycles. The van der Waals surface area contributed by atoms with Crippen LogP contribution in [0.2, 0.25) is 0 Å². The molecule has 1 atom stereocenters. The van der Waals surface area contributed by atoms with Gasteiger partial charge in [-0.15, -0.1) is 11.3 Å². The van der Waals surface area contributed by atoms with Crippen molar-refractivity contribution in [2.24, 2.45) is 0 Å². The maximum Gasteiger partial charge on any atom is 0.433 e. The number of nitrogens with one attached hydrogen (secondary N) is 1. The number of aromatic nitrogens is 5. The van der Waals surface area contributed by atoms with Gasteiger partial charge in [0.15, 0.2) is 5.82 Å². The molecule has 4 heterocycles. The van der Waals surface area contributed by atoms with E-state index in [9.17, 15) is 18.0 Å². The Morgan fingerprint density at radius 1 is 0.949 bits per heavy atom. The molecule has 7 nitrogen and oxygen atoms in total. The molecule has 0 fully saturated rings. The molecule has 6 aromatic rings. The SMILES string of the molecule is CC(Nc1ncnc2scnc12)c1cc2cccc(-c3ccc(C(F)(F)F)nc3)c2c(=O)n1-c1ccccc1. The Hall–Kier alpha value is -4.64. The number of nitrogens with zero attached hydrogens (tertiary/aromatic N) is 5. The highest BCUT2D eigenvalue weighted by Crippen LogP contribution is 2.33. The standard InChI is InChI=1S/C28H19F3N6OS/c1-16(36-25-24-26(34-14-33-25)39-15-35-24)21-12-17-6-5-9-20(18-10-11-22(32-13-18)28(29,30)31)23(17)27(38)37(21)19-7-3-2-4-8-19/h2-16H,1H3,(H,33,34,36). The van der Waals surface area contributed by atoms with Gasteiger partial charge in [-0.25, -0.2) is 15.0 Å². The highest BCUT2D eigenvalue weighted by molar-refractivity contribution is 7.16. The van der Waals surface area contributed by atoms with Crippen LogP contribution >= 0.6 is 11.3 Å². The lowest BCUT2D eigenvalue weighted by molar-refractivity contribution is -0.141. The summed E-state index contributed by atoms with van der Waals surface area (Å²) >= 11 is 1.41. The van der Waals surface area contributed by atoms with E-state index < -0.39 is 11.9 Å². The van der Waals surface area contributed by atoms with Crippen molar-refractivity contribution in [1.29, 1.82) is 0 Å². The highest BCUT2D eigenvalue weighted by Gasteiger charge is 2.32. The van der Waals surface area contributed by atoms with Gasteiger partial charge in [0.25, 0.3) is 5.56 Å². The normalized spacial score (nSPS) is 12.6. The molecule has 11 heteroatoms. The van der Waals surface area contributed by atoms with Gasteiger partial charge in [-0.1, -0.05) is 42.5 Å². The maximum atomic E-state index is 14.2. The Morgan fingerprint density at radius 3 is 2.51 bits per heavy atom. The van der Waals surface area contributed by atoms with Crippen LogP contribution in [0.4, 0.5) is 19.0 Å². The van der Waals surface area contributed by atoms with E-state index in [-0.39, 0.29) is 11.6 Å². The first-order chi connectivity index (χ1) is 18.8. The summed E-state index contributed by atoms with van der Waals surface area (Å²) in [5.74, 6) is 0.547. The van der Waals surface area contributed by atoms with Crippen LogP contribution in [0.15, 0.2) is 89.6 Å². The average molecular weight is 545 g/mol. The van der Waals surface area contributed by atoms with Crippen LogP contribution in [0.25, 0.3) is 37.9 Å². The maximum absolute atomic E-state index is 14.2. The van der Waals surface area contributed by atoms with E-state index in [0.717, 1.165) is 17.1 Å². The van der Waals surface area contributed by atoms with Crippen molar-refractivity contribution >= 4 is 38.3 Å². The zero-order valence-electron chi connectivity index (χ0n) is 20.3. The summed E-state index contributed by atoms with van der Waals surface area (Å²) in [5, 5.41) is 4.40. The average Bonchev–Trinajstić information content (AvgIpc) is 3.43. The molecule has 0 bridgehead atoms. The monoisotopic (exact) mass is 544 g/mol. The van der Waals surface area contributed by atoms with Crippen LogP contribution in [0.1, 0.15) is 24.4 Å². The number of para-hydroxylation sites is 1. The molecule has 194 valence electrons. The Balaban J connectivity index is 1.54. The van der Waals surface area contributed by atoms with Gasteiger partial charge < -0.3 is 5.32 Å². The minimum atomic E-state index is -4.55. The number of anilines is 1. The molecule has 0 radical (unpaired) electrons. The predicted molar refractivity (Wildman–Crippen MR) is 145 cm³/mol. The minimum Gasteiger partial charge on any atom is -0.360 e. The molecule has 0 aliphatic carbocycles. The molecule has 0 aliphatic rings. The van der Waals surface area contributed by atoms with Gasteiger partial charge in [-0.2, -0.15) is 13.2 Å². The van der Waals surface area contributed by atoms with Gasteiger partial charge >= 0.3 is 6.18 Å². The molecule has 0 amide bonds. The van der Waals surface area contributed by atoms with Crippen molar-refractivity contribution in [2.75, 3.05) is 5.32 Å². The van der Waals surface area contributed by atoms with Gasteiger partial charge in [0.2, 0.25) is 0 Å². The second kappa shape index (κ2) is 9.59. The number of hydrogen-bond donors (Lipinski definition) is 1. The summed E-state index contributed by atoms with van der Waals surface area (Å²) in [6, 6.07) is 18.3. The van der Waals surface area contributed by atoms with E-state index in [4.69, 9.17) is 0 Å². The lowest BCUT2D eigenvalue weighted by Gasteiger charge is -2.22. The van der Waals surface area contributed by atoms with Gasteiger partial charge in [0.05, 0.1) is 16.9 Å². The zero-order chi connectivity index (χ0) is 27.1. The second-order valence-corrected chi connectivity index (χ2v) is 9.67. The number of fused-ring (bicyclic) bond motifs is 2. The summed E-state index contributed by atoms with van der Waals surface area (Å²) in [6.07, 6.45) is -1.94. The van der Waals surface area contributed by atoms with E-state index in [2.05, 4.69) is 25.3 Å². The fourth-order valence-corrected chi connectivity index (χ4v) is 5.21. The summed E-state index contributed by atoms with van der Waals surface area (Å²) in [4.78, 5) is 31.5. The molecule has 1 N–H and O–H groups in total. The molecule has 0 spiro atoms. The van der Waals surface area contributed by atoms with Crippen LogP contribution in [0.5, 0.6) is 0 Å². The van der Waals surface area contributed by atoms with Crippen LogP contribution < -0.4 is 10.9 Å². The molecular formula is C28H19F3N6OS. The summed E-state index contributed by atoms with van der Waals surface area (Å²) in [5.41, 5.74) is 3.27. The third-order valence-corrected chi connectivity index (χ3v) is 7.12. The van der Waals surface area contributed by atoms with Crippen molar-refractivity contribution < 1.29 is 13.2 Å². The predicted octanol–water partition coefficient (Wildman–Crippen LogP) is 6.64. The number of hydrogen-bond acceptors (Lipinski definition) is 7. The fraction of sp³-hybridized carbons (Fsp3) is 0.107. The van der Waals surface area contributed by atoms with Crippen LogP contribution in [-0.2, 0) is 6.18 Å². The van der Waals surface area contributed by atoms with Crippen molar-refractivity contribution in [3.63, 3.8) is 0 Å². The van der Waals surface area contributed by atoms with Crippen molar-refractivity contribution in [3.8, 4) is 16.8 Å². The fourth-order valence-electron chi connectivity index (χ4n) is 4.58. The second-order valence-electron chi connectivity index (χ2n) is 8.84. The molecule has 4 aromatic heterocycles. The third-order valence-electron chi connectivity index (χ3n) is 6.39. The van der Waals surface area contributed by atoms with Crippen molar-refractivity contribution in [1.82, 2.24) is 24.5 Å². The first-order valence-electron chi connectivity index (χ1n) is 11.9. The summed E-state index contributed by atoms with van der Waals surface area (Å²) < 4.78 is 40.9. The van der Waals surface area contributed by atoms with E-state index in [1.165, 1.54) is 23.7 Å². The molecule has 1 unspecified atom stereocenters. The van der Waals surface area contributed by atoms with E-state index in [0.29, 0.717) is 44.6 Å². The van der Waals surface area contributed by atoms with Gasteiger partial charge in [-0.3, -0.25) is 14.3 Å². The Kier molecular flexibility index (Phi) is 6.07. The van der Waals surface area contributed by atoms with Crippen LogP contribution in [0.3, 0.4) is 0 Å². The molecule has 0 aliphatic heterocycles. The molecule has 2 aromatic carbocycles. The molecule has 0 saturated heterocycles. The first kappa shape index (κ1) is 24.7. The Morgan fingerprint density at radius 2 is 1.77 bits per heavy atom. The highest BCUT2D eigenvalue weighted by atomic mass is 32.1. The van der Waals surface area contributed by atoms with Crippen LogP contribution in [0, 0.1) is 0 Å². The number of halogens is 3. The minimum absolute atomic E-state index is 0.306. The lowest BCUT2D eigenvalue weighted by atomic mass is 9.98. The van der Waals surface area contributed by atoms with Gasteiger partial charge in [0, 0.05) is 23.1 Å². The number of benzene rings is 2. The smallest absolute Gasteiger partial charge is 0.360 e. The summed E-state index contributed by atoms with van der Waals surface area (Å²) in [7, 11) is 0. The third kappa shape index (κ3) is 4.50. The number of thiazole rings is 1. The topological polar surface area (TPSA) is 85.6 Å². The number of alkyl halides is 3. The number of rotatable bonds is 5.